The summed E-state index contributed by atoms with van der Waals surface area (Å²) in [6.45, 7) is 0. The fourth-order valence-electron chi connectivity index (χ4n) is 9.31. The van der Waals surface area contributed by atoms with Crippen molar-refractivity contribution in [2.75, 3.05) is 4.90 Å². The number of fused-ring (bicyclic) bond motifs is 9. The van der Waals surface area contributed by atoms with Crippen LogP contribution in [0, 0.1) is 0 Å². The van der Waals surface area contributed by atoms with Crippen LogP contribution in [0.3, 0.4) is 0 Å². The monoisotopic (exact) mass is 771 g/mol. The predicted molar refractivity (Wildman–Crippen MR) is 253 cm³/mol. The Bertz CT molecular complexity index is 3480. The molecule has 2 aromatic heterocycles. The Balaban J connectivity index is 0.982. The van der Waals surface area contributed by atoms with Crippen LogP contribution in [0.2, 0.25) is 0 Å². The second kappa shape index (κ2) is 13.7. The first-order valence-corrected chi connectivity index (χ1v) is 21.2. The van der Waals surface area contributed by atoms with Crippen LogP contribution in [0.25, 0.3) is 91.5 Å². The molecule has 1 atom stereocenters. The molecule has 0 bridgehead atoms. The molecule has 278 valence electrons. The molecule has 0 saturated carbocycles. The molecular weight excluding hydrogens is 735 g/mol. The second-order valence-electron chi connectivity index (χ2n) is 15.6. The summed E-state index contributed by atoms with van der Waals surface area (Å²) >= 11 is 1.85. The largest absolute Gasteiger partial charge is 0.455 e. The van der Waals surface area contributed by atoms with Gasteiger partial charge in [-0.3, -0.25) is 0 Å². The van der Waals surface area contributed by atoms with Gasteiger partial charge in [0.2, 0.25) is 0 Å². The molecule has 0 aliphatic heterocycles. The number of para-hydroxylation sites is 1. The summed E-state index contributed by atoms with van der Waals surface area (Å²) in [5.74, 6) is 0. The normalized spacial score (nSPS) is 14.2. The van der Waals surface area contributed by atoms with Gasteiger partial charge in [0.1, 0.15) is 11.2 Å². The average Bonchev–Trinajstić information content (AvgIpc) is 3.88. The number of hydrogen-bond donors (Lipinski definition) is 0. The molecule has 12 rings (SSSR count). The molecule has 0 spiro atoms. The summed E-state index contributed by atoms with van der Waals surface area (Å²) in [6, 6.07) is 68.7. The minimum Gasteiger partial charge on any atom is -0.455 e. The Hall–Kier alpha value is -7.20. The smallest absolute Gasteiger partial charge is 0.143 e. The van der Waals surface area contributed by atoms with Crippen molar-refractivity contribution in [1.82, 2.24) is 0 Å². The lowest BCUT2D eigenvalue weighted by molar-refractivity contribution is 0.674. The van der Waals surface area contributed by atoms with E-state index in [0.29, 0.717) is 0 Å². The van der Waals surface area contributed by atoms with Gasteiger partial charge in [0.25, 0.3) is 0 Å². The molecule has 3 heteroatoms. The lowest BCUT2D eigenvalue weighted by atomic mass is 9.93. The minimum atomic E-state index is 0.144. The number of anilines is 2. The molecule has 0 amide bonds. The molecule has 1 aliphatic carbocycles. The number of furan rings is 1. The van der Waals surface area contributed by atoms with Crippen LogP contribution < -0.4 is 4.90 Å². The lowest BCUT2D eigenvalue weighted by Gasteiger charge is -2.34. The zero-order chi connectivity index (χ0) is 38.9. The molecule has 2 nitrogen and oxygen atoms in total. The number of allylic oxidation sites excluding steroid dienone is 2. The highest BCUT2D eigenvalue weighted by Gasteiger charge is 2.23. The molecule has 0 fully saturated rings. The van der Waals surface area contributed by atoms with Crippen LogP contribution in [0.5, 0.6) is 0 Å². The maximum atomic E-state index is 6.95. The van der Waals surface area contributed by atoms with Gasteiger partial charge in [-0.05, 0) is 98.9 Å². The molecule has 0 radical (unpaired) electrons. The van der Waals surface area contributed by atoms with Crippen LogP contribution >= 0.6 is 11.3 Å². The second-order valence-corrected chi connectivity index (χ2v) is 16.7. The van der Waals surface area contributed by atoms with Gasteiger partial charge in [-0.2, -0.15) is 0 Å². The molecule has 0 N–H and O–H groups in total. The van der Waals surface area contributed by atoms with Crippen molar-refractivity contribution in [3.05, 3.63) is 212 Å². The molecule has 1 aliphatic rings. The van der Waals surface area contributed by atoms with E-state index in [4.69, 9.17) is 4.42 Å². The standard InChI is InChI=1S/C56H37NOS/c1-2-12-36(13-3-1)40-16-10-17-43(32-40)57(44-30-24-37-14-4-5-15-39(37)33-44)42-28-25-38(26-29-42)50-35-52-49-22-11-21-45(55(49)58-56(52)48-20-7-6-18-46(48)50)41-27-31-54-51(34-41)47-19-8-9-23-53(47)59-54/h1-16,18-35,43H,17H2. The first kappa shape index (κ1) is 33.9. The summed E-state index contributed by atoms with van der Waals surface area (Å²) in [6.07, 6.45) is 7.93. The zero-order valence-corrected chi connectivity index (χ0v) is 33.0. The van der Waals surface area contributed by atoms with E-state index in [2.05, 4.69) is 211 Å². The van der Waals surface area contributed by atoms with Gasteiger partial charge >= 0.3 is 0 Å². The van der Waals surface area contributed by atoms with Gasteiger partial charge in [0.15, 0.2) is 0 Å². The van der Waals surface area contributed by atoms with Crippen molar-refractivity contribution in [2.24, 2.45) is 0 Å². The van der Waals surface area contributed by atoms with Gasteiger partial charge < -0.3 is 9.32 Å². The van der Waals surface area contributed by atoms with Crippen molar-refractivity contribution in [1.29, 1.82) is 0 Å². The van der Waals surface area contributed by atoms with Gasteiger partial charge in [-0.15, -0.1) is 11.3 Å². The van der Waals surface area contributed by atoms with Crippen LogP contribution in [0.4, 0.5) is 11.4 Å². The van der Waals surface area contributed by atoms with Crippen molar-refractivity contribution < 1.29 is 4.42 Å². The Kier molecular flexibility index (Phi) is 7.89. The van der Waals surface area contributed by atoms with Crippen LogP contribution in [0.1, 0.15) is 12.0 Å². The third kappa shape index (κ3) is 5.69. The minimum absolute atomic E-state index is 0.144. The fraction of sp³-hybridized carbons (Fsp3) is 0.0357. The molecule has 2 heterocycles. The fourth-order valence-corrected chi connectivity index (χ4v) is 10.4. The first-order chi connectivity index (χ1) is 29.2. The Morgan fingerprint density at radius 1 is 0.441 bits per heavy atom. The van der Waals surface area contributed by atoms with Gasteiger partial charge in [-0.1, -0.05) is 158 Å². The Morgan fingerprint density at radius 3 is 2.02 bits per heavy atom. The molecule has 1 unspecified atom stereocenters. The van der Waals surface area contributed by atoms with E-state index in [0.717, 1.165) is 45.0 Å². The maximum Gasteiger partial charge on any atom is 0.143 e. The average molecular weight is 772 g/mol. The molecule has 0 saturated heterocycles. The van der Waals surface area contributed by atoms with E-state index >= 15 is 0 Å². The highest BCUT2D eigenvalue weighted by Crippen LogP contribution is 2.44. The van der Waals surface area contributed by atoms with Gasteiger partial charge in [-0.25, -0.2) is 0 Å². The van der Waals surface area contributed by atoms with E-state index in [1.54, 1.807) is 0 Å². The van der Waals surface area contributed by atoms with E-state index in [1.807, 2.05) is 11.3 Å². The molecule has 9 aromatic carbocycles. The Labute approximate surface area is 346 Å². The number of rotatable bonds is 6. The first-order valence-electron chi connectivity index (χ1n) is 20.3. The summed E-state index contributed by atoms with van der Waals surface area (Å²) in [4.78, 5) is 2.51. The van der Waals surface area contributed by atoms with Crippen molar-refractivity contribution in [3.8, 4) is 22.3 Å². The number of benzene rings is 9. The zero-order valence-electron chi connectivity index (χ0n) is 32.2. The third-order valence-corrected chi connectivity index (χ3v) is 13.3. The number of thiophene rings is 1. The maximum absolute atomic E-state index is 6.95. The van der Waals surface area contributed by atoms with Gasteiger partial charge in [0, 0.05) is 53.3 Å². The Morgan fingerprint density at radius 2 is 1.14 bits per heavy atom. The van der Waals surface area contributed by atoms with Crippen LogP contribution in [0.15, 0.2) is 211 Å². The van der Waals surface area contributed by atoms with Crippen molar-refractivity contribution in [2.45, 2.75) is 12.5 Å². The van der Waals surface area contributed by atoms with Crippen molar-refractivity contribution in [3.63, 3.8) is 0 Å². The summed E-state index contributed by atoms with van der Waals surface area (Å²) < 4.78 is 9.56. The molecule has 59 heavy (non-hydrogen) atoms. The molecular formula is C56H37NOS. The van der Waals surface area contributed by atoms with Gasteiger partial charge in [0.05, 0.1) is 6.04 Å². The van der Waals surface area contributed by atoms with E-state index in [1.165, 1.54) is 69.8 Å². The van der Waals surface area contributed by atoms with Crippen LogP contribution in [-0.2, 0) is 0 Å². The van der Waals surface area contributed by atoms with Crippen molar-refractivity contribution >= 4 is 91.9 Å². The number of hydrogen-bond acceptors (Lipinski definition) is 3. The lowest BCUT2D eigenvalue weighted by Crippen LogP contribution is -2.30. The molecule has 11 aromatic rings. The summed E-state index contributed by atoms with van der Waals surface area (Å²) in [5, 5.41) is 9.64. The topological polar surface area (TPSA) is 16.4 Å². The van der Waals surface area contributed by atoms with E-state index < -0.39 is 0 Å². The van der Waals surface area contributed by atoms with Crippen LogP contribution in [-0.4, -0.2) is 6.04 Å². The van der Waals surface area contributed by atoms with E-state index in [-0.39, 0.29) is 6.04 Å². The third-order valence-electron chi connectivity index (χ3n) is 12.1. The summed E-state index contributed by atoms with van der Waals surface area (Å²) in [7, 11) is 0. The van der Waals surface area contributed by atoms with E-state index in [9.17, 15) is 0 Å². The highest BCUT2D eigenvalue weighted by molar-refractivity contribution is 7.25. The highest BCUT2D eigenvalue weighted by atomic mass is 32.1. The summed E-state index contributed by atoms with van der Waals surface area (Å²) in [5.41, 5.74) is 11.3. The quantitative estimate of drug-likeness (QED) is 0.167. The number of nitrogens with zero attached hydrogens (tertiary/aromatic N) is 1. The predicted octanol–water partition coefficient (Wildman–Crippen LogP) is 16.1. The SMILES string of the molecule is C1=CC(c2ccccc2)=CC(N(c2ccc(-c3cc4c5cccc(-c6ccc7sc8ccccc8c7c6)c5oc4c4ccccc34)cc2)c2ccc3ccccc3c2)C1.